The zero-order valence-electron chi connectivity index (χ0n) is 18.5. The number of methoxy groups -OCH3 is 1. The molecule has 0 aliphatic carbocycles. The summed E-state index contributed by atoms with van der Waals surface area (Å²) < 4.78 is 32.5. The number of aliphatic hydroxyl groups excluding tert-OH is 1. The lowest BCUT2D eigenvalue weighted by Crippen LogP contribution is -2.46. The van der Waals surface area contributed by atoms with Gasteiger partial charge in [0.15, 0.2) is 13.0 Å². The van der Waals surface area contributed by atoms with Gasteiger partial charge in [-0.15, -0.1) is 0 Å². The Morgan fingerprint density at radius 3 is 2.53 bits per heavy atom. The molecule has 1 fully saturated rings. The number of hydrogen-bond donors (Lipinski definition) is 3. The Labute approximate surface area is 185 Å². The van der Waals surface area contributed by atoms with E-state index in [9.17, 15) is 24.6 Å². The number of carbonyl (C=O) groups is 1. The summed E-state index contributed by atoms with van der Waals surface area (Å²) in [6.45, 7) is 5.43. The number of aliphatic hydroxyl groups is 2. The van der Waals surface area contributed by atoms with Gasteiger partial charge in [0.1, 0.15) is 17.8 Å². The van der Waals surface area contributed by atoms with Crippen molar-refractivity contribution in [1.29, 1.82) is 0 Å². The van der Waals surface area contributed by atoms with Gasteiger partial charge < -0.3 is 28.9 Å². The number of carbonyl (C=O) groups excluding carboxylic acids is 1. The highest BCUT2D eigenvalue weighted by molar-refractivity contribution is 7.41. The summed E-state index contributed by atoms with van der Waals surface area (Å²) in [5.41, 5.74) is -4.03. The minimum absolute atomic E-state index is 0.180. The summed E-state index contributed by atoms with van der Waals surface area (Å²) in [6, 6.07) is 1.08. The van der Waals surface area contributed by atoms with E-state index in [1.807, 2.05) is 0 Å². The first kappa shape index (κ1) is 26.6. The molecule has 0 aromatic carbocycles. The Balaban J connectivity index is 2.01. The van der Waals surface area contributed by atoms with Gasteiger partial charge in [0, 0.05) is 19.4 Å². The van der Waals surface area contributed by atoms with Crippen molar-refractivity contribution in [3.63, 3.8) is 0 Å². The summed E-state index contributed by atoms with van der Waals surface area (Å²) >= 11 is 0. The van der Waals surface area contributed by atoms with E-state index in [1.165, 1.54) is 14.0 Å². The van der Waals surface area contributed by atoms with Crippen LogP contribution in [0.1, 0.15) is 33.9 Å². The summed E-state index contributed by atoms with van der Waals surface area (Å²) in [6.07, 6.45) is -2.68. The van der Waals surface area contributed by atoms with E-state index in [0.29, 0.717) is 0 Å². The lowest BCUT2D eigenvalue weighted by atomic mass is 9.96. The maximum Gasteiger partial charge on any atom is 0.337 e. The molecule has 0 spiro atoms. The van der Waals surface area contributed by atoms with E-state index in [-0.39, 0.29) is 13.4 Å². The molecule has 0 saturated carbocycles. The molecule has 1 aliphatic rings. The molecule has 1 aliphatic heterocycles. The summed E-state index contributed by atoms with van der Waals surface area (Å²) in [7, 11) is -0.680. The molecule has 0 radical (unpaired) electrons. The van der Waals surface area contributed by atoms with Crippen LogP contribution >= 0.6 is 8.60 Å². The van der Waals surface area contributed by atoms with Crippen LogP contribution in [0.5, 0.6) is 0 Å². The largest absolute Gasteiger partial charge is 0.438 e. The predicted molar refractivity (Wildman–Crippen MR) is 109 cm³/mol. The van der Waals surface area contributed by atoms with Crippen LogP contribution < -0.4 is 11.2 Å². The van der Waals surface area contributed by atoms with Crippen LogP contribution in [0.15, 0.2) is 21.9 Å². The van der Waals surface area contributed by atoms with E-state index in [4.69, 9.17) is 27.8 Å². The molecule has 4 unspecified atom stereocenters. The molecule has 32 heavy (non-hydrogen) atoms. The van der Waals surface area contributed by atoms with Gasteiger partial charge in [-0.25, -0.2) is 4.79 Å². The molecule has 1 saturated heterocycles. The third kappa shape index (κ3) is 6.65. The number of H-pyrrole nitrogens is 1. The van der Waals surface area contributed by atoms with E-state index in [1.54, 1.807) is 20.8 Å². The lowest BCUT2D eigenvalue weighted by molar-refractivity contribution is -0.160. The number of nitrogens with one attached hydrogen (secondary N) is 1. The summed E-state index contributed by atoms with van der Waals surface area (Å²) in [4.78, 5) is 37.2. The Morgan fingerprint density at radius 2 is 1.94 bits per heavy atom. The van der Waals surface area contributed by atoms with Crippen molar-refractivity contribution in [3.8, 4) is 0 Å². The molecule has 3 N–H and O–H groups in total. The van der Waals surface area contributed by atoms with Crippen molar-refractivity contribution in [1.82, 2.24) is 9.55 Å². The predicted octanol–water partition coefficient (Wildman–Crippen LogP) is -0.0267. The third-order valence-corrected chi connectivity index (χ3v) is 5.43. The van der Waals surface area contributed by atoms with Crippen molar-refractivity contribution >= 4 is 14.6 Å². The van der Waals surface area contributed by atoms with E-state index in [2.05, 4.69) is 4.98 Å². The molecule has 0 amide bonds. The van der Waals surface area contributed by atoms with Gasteiger partial charge in [-0.2, -0.15) is 0 Å². The SMILES string of the molecule is COCOP(OCOC(=O)C(C)(C)C)OCC1OC(n2ccc(=O)[nH]c2=O)C(C)(O)[C@H]1O. The van der Waals surface area contributed by atoms with Crippen molar-refractivity contribution in [3.05, 3.63) is 33.1 Å². The van der Waals surface area contributed by atoms with Crippen molar-refractivity contribution in [2.45, 2.75) is 51.7 Å². The zero-order chi connectivity index (χ0) is 24.1. The second kappa shape index (κ2) is 10.9. The molecular weight excluding hydrogens is 451 g/mol. The fourth-order valence-electron chi connectivity index (χ4n) is 2.67. The number of esters is 1. The molecular formula is C18H29N2O11P. The standard InChI is InChI=1S/C18H29N2O11P/c1-17(2,3)15(23)27-10-30-32(29-9-26-5)28-8-11-13(22)18(4,25)14(31-11)20-7-6-12(21)19-16(20)24/h6-7,11,13-14,22,25H,8-10H2,1-5H3,(H,19,21,24)/t11?,13-,14?,18?,32?/m0/s1. The van der Waals surface area contributed by atoms with E-state index < -0.39 is 62.1 Å². The molecule has 2 rings (SSSR count). The minimum Gasteiger partial charge on any atom is -0.438 e. The Kier molecular flexibility index (Phi) is 9.08. The first-order valence-corrected chi connectivity index (χ1v) is 10.7. The third-order valence-electron chi connectivity index (χ3n) is 4.44. The Hall–Kier alpha value is -1.70. The summed E-state index contributed by atoms with van der Waals surface area (Å²) in [5, 5.41) is 21.2. The van der Waals surface area contributed by atoms with Gasteiger partial charge in [-0.05, 0) is 27.7 Å². The molecule has 182 valence electrons. The quantitative estimate of drug-likeness (QED) is 0.234. The van der Waals surface area contributed by atoms with Crippen LogP contribution in [0.3, 0.4) is 0 Å². The first-order valence-electron chi connectivity index (χ1n) is 9.60. The van der Waals surface area contributed by atoms with Crippen LogP contribution in [-0.2, 0) is 32.6 Å². The molecule has 2 heterocycles. The number of ether oxygens (including phenoxy) is 3. The normalized spacial score (nSPS) is 26.8. The van der Waals surface area contributed by atoms with Crippen LogP contribution in [-0.4, -0.2) is 70.8 Å². The Bertz CT molecular complexity index is 879. The van der Waals surface area contributed by atoms with Crippen molar-refractivity contribution in [2.75, 3.05) is 27.3 Å². The molecule has 1 aromatic heterocycles. The van der Waals surface area contributed by atoms with Gasteiger partial charge in [0.25, 0.3) is 5.56 Å². The van der Waals surface area contributed by atoms with Crippen LogP contribution in [0, 0.1) is 5.41 Å². The van der Waals surface area contributed by atoms with Gasteiger partial charge in [-0.3, -0.25) is 28.2 Å². The van der Waals surface area contributed by atoms with Gasteiger partial charge in [0.2, 0.25) is 6.79 Å². The van der Waals surface area contributed by atoms with Gasteiger partial charge in [-0.1, -0.05) is 0 Å². The van der Waals surface area contributed by atoms with Crippen molar-refractivity contribution < 1.29 is 42.8 Å². The Morgan fingerprint density at radius 1 is 1.28 bits per heavy atom. The smallest absolute Gasteiger partial charge is 0.337 e. The van der Waals surface area contributed by atoms with E-state index >= 15 is 0 Å². The number of aromatic nitrogens is 2. The summed E-state index contributed by atoms with van der Waals surface area (Å²) in [5.74, 6) is -0.487. The second-order valence-corrected chi connectivity index (χ2v) is 9.42. The monoisotopic (exact) mass is 480 g/mol. The fourth-order valence-corrected chi connectivity index (χ4v) is 3.49. The lowest BCUT2D eigenvalue weighted by Gasteiger charge is -2.27. The first-order chi connectivity index (χ1) is 14.9. The van der Waals surface area contributed by atoms with E-state index in [0.717, 1.165) is 16.8 Å². The number of hydrogen-bond acceptors (Lipinski definition) is 11. The number of aromatic amines is 1. The molecule has 1 aromatic rings. The molecule has 5 atom stereocenters. The average Bonchev–Trinajstić information content (AvgIpc) is 2.92. The van der Waals surface area contributed by atoms with Crippen molar-refractivity contribution in [2.24, 2.45) is 5.41 Å². The number of rotatable bonds is 10. The maximum absolute atomic E-state index is 12.1. The van der Waals surface area contributed by atoms with Crippen LogP contribution in [0.25, 0.3) is 0 Å². The fraction of sp³-hybridized carbons (Fsp3) is 0.722. The minimum atomic E-state index is -2.07. The van der Waals surface area contributed by atoms with Crippen LogP contribution in [0.2, 0.25) is 0 Å². The molecule has 13 nitrogen and oxygen atoms in total. The zero-order valence-corrected chi connectivity index (χ0v) is 19.4. The highest BCUT2D eigenvalue weighted by Crippen LogP contribution is 2.43. The maximum atomic E-state index is 12.1. The highest BCUT2D eigenvalue weighted by Gasteiger charge is 2.53. The van der Waals surface area contributed by atoms with Crippen LogP contribution in [0.4, 0.5) is 0 Å². The van der Waals surface area contributed by atoms with Gasteiger partial charge in [0.05, 0.1) is 12.0 Å². The molecule has 14 heteroatoms. The highest BCUT2D eigenvalue weighted by atomic mass is 31.2. The number of nitrogens with zero attached hydrogens (tertiary/aromatic N) is 1. The topological polar surface area (TPSA) is 168 Å². The second-order valence-electron chi connectivity index (χ2n) is 8.20. The average molecular weight is 480 g/mol. The van der Waals surface area contributed by atoms with Gasteiger partial charge >= 0.3 is 20.3 Å². The molecule has 0 bridgehead atoms.